The third-order valence-electron chi connectivity index (χ3n) is 5.37. The Bertz CT molecular complexity index is 968. The van der Waals surface area contributed by atoms with Gasteiger partial charge in [0.15, 0.2) is 0 Å². The van der Waals surface area contributed by atoms with Gasteiger partial charge in [-0.3, -0.25) is 9.58 Å². The van der Waals surface area contributed by atoms with Crippen molar-refractivity contribution in [2.45, 2.75) is 37.2 Å². The molecular weight excluding hydrogens is 374 g/mol. The minimum atomic E-state index is -4.05. The summed E-state index contributed by atoms with van der Waals surface area (Å²) in [4.78, 5) is 1.83. The van der Waals surface area contributed by atoms with E-state index in [-0.39, 0.29) is 13.1 Å². The van der Waals surface area contributed by atoms with Crippen LogP contribution in [0.1, 0.15) is 29.8 Å². The molecule has 1 saturated heterocycles. The molecule has 2 aromatic rings. The van der Waals surface area contributed by atoms with Crippen molar-refractivity contribution in [1.29, 1.82) is 0 Å². The molecule has 0 atom stereocenters. The molecule has 0 N–H and O–H groups in total. The average molecular weight is 396 g/mol. The van der Waals surface area contributed by atoms with Gasteiger partial charge in [0, 0.05) is 50.4 Å². The Morgan fingerprint density at radius 2 is 1.89 bits per heavy atom. The van der Waals surface area contributed by atoms with Crippen LogP contribution in [0.4, 0.5) is 8.78 Å². The third kappa shape index (κ3) is 3.39. The standard InChI is InChI=1S/C18H22F2N4O2S/c1-22-17-6-9-24(27(25,26)18-5-4-13(19)10-15(18)20)11-14(17)16(21-22)12-23-7-2-3-8-23/h4-5,10H,2-3,6-9,11-12H2,1H3. The van der Waals surface area contributed by atoms with Crippen LogP contribution >= 0.6 is 0 Å². The second-order valence-corrected chi connectivity index (χ2v) is 9.05. The van der Waals surface area contributed by atoms with E-state index in [1.165, 1.54) is 17.1 Å². The molecule has 6 nitrogen and oxygen atoms in total. The maximum atomic E-state index is 14.1. The van der Waals surface area contributed by atoms with E-state index in [0.717, 1.165) is 42.2 Å². The summed E-state index contributed by atoms with van der Waals surface area (Å²) in [6.07, 6.45) is 2.85. The molecule has 0 amide bonds. The number of likely N-dealkylation sites (tertiary alicyclic amines) is 1. The van der Waals surface area contributed by atoms with Crippen molar-refractivity contribution in [2.75, 3.05) is 19.6 Å². The smallest absolute Gasteiger partial charge is 0.246 e. The monoisotopic (exact) mass is 396 g/mol. The summed E-state index contributed by atoms with van der Waals surface area (Å²) in [5.41, 5.74) is 2.81. The Morgan fingerprint density at radius 1 is 1.15 bits per heavy atom. The molecule has 0 aliphatic carbocycles. The number of hydrogen-bond acceptors (Lipinski definition) is 4. The van der Waals surface area contributed by atoms with Crippen LogP contribution in [0.15, 0.2) is 23.1 Å². The summed E-state index contributed by atoms with van der Waals surface area (Å²) in [6.45, 7) is 3.14. The van der Waals surface area contributed by atoms with Crippen LogP contribution in [-0.2, 0) is 36.6 Å². The minimum absolute atomic E-state index is 0.158. The van der Waals surface area contributed by atoms with Crippen molar-refractivity contribution in [2.24, 2.45) is 7.05 Å². The molecule has 0 spiro atoms. The van der Waals surface area contributed by atoms with E-state index in [4.69, 9.17) is 0 Å². The van der Waals surface area contributed by atoms with Gasteiger partial charge in [-0.2, -0.15) is 9.40 Å². The molecule has 3 heterocycles. The van der Waals surface area contributed by atoms with Gasteiger partial charge in [0.25, 0.3) is 0 Å². The lowest BCUT2D eigenvalue weighted by molar-refractivity contribution is 0.322. The zero-order valence-corrected chi connectivity index (χ0v) is 16.0. The second kappa shape index (κ2) is 6.96. The summed E-state index contributed by atoms with van der Waals surface area (Å²) in [5, 5.41) is 4.60. The number of rotatable bonds is 4. The molecule has 1 aromatic heterocycles. The number of aromatic nitrogens is 2. The fraction of sp³-hybridized carbons (Fsp3) is 0.500. The molecule has 146 valence electrons. The van der Waals surface area contributed by atoms with E-state index in [9.17, 15) is 17.2 Å². The number of halogens is 2. The molecule has 1 fully saturated rings. The van der Waals surface area contributed by atoms with Gasteiger partial charge in [0.1, 0.15) is 16.5 Å². The van der Waals surface area contributed by atoms with E-state index < -0.39 is 26.6 Å². The Balaban J connectivity index is 1.63. The van der Waals surface area contributed by atoms with E-state index in [1.807, 2.05) is 11.7 Å². The number of nitrogens with zero attached hydrogens (tertiary/aromatic N) is 4. The average Bonchev–Trinajstić information content (AvgIpc) is 3.23. The Morgan fingerprint density at radius 3 is 2.59 bits per heavy atom. The van der Waals surface area contributed by atoms with Gasteiger partial charge in [0.05, 0.1) is 5.69 Å². The van der Waals surface area contributed by atoms with Crippen molar-refractivity contribution in [1.82, 2.24) is 19.0 Å². The van der Waals surface area contributed by atoms with Gasteiger partial charge in [-0.1, -0.05) is 0 Å². The van der Waals surface area contributed by atoms with E-state index in [2.05, 4.69) is 10.00 Å². The largest absolute Gasteiger partial charge is 0.297 e. The lowest BCUT2D eigenvalue weighted by atomic mass is 10.1. The highest BCUT2D eigenvalue weighted by Gasteiger charge is 2.34. The molecule has 1 aromatic carbocycles. The first-order chi connectivity index (χ1) is 12.9. The third-order valence-corrected chi connectivity index (χ3v) is 7.25. The summed E-state index contributed by atoms with van der Waals surface area (Å²) in [6, 6.07) is 2.56. The van der Waals surface area contributed by atoms with Crippen LogP contribution in [0.2, 0.25) is 0 Å². The van der Waals surface area contributed by atoms with Crippen molar-refractivity contribution in [3.8, 4) is 0 Å². The fourth-order valence-electron chi connectivity index (χ4n) is 3.95. The van der Waals surface area contributed by atoms with Crippen LogP contribution in [0.5, 0.6) is 0 Å². The van der Waals surface area contributed by atoms with Gasteiger partial charge in [0.2, 0.25) is 10.0 Å². The highest BCUT2D eigenvalue weighted by atomic mass is 32.2. The molecule has 0 radical (unpaired) electrons. The number of benzene rings is 1. The maximum Gasteiger partial charge on any atom is 0.246 e. The Hall–Kier alpha value is -1.84. The van der Waals surface area contributed by atoms with E-state index in [0.29, 0.717) is 19.0 Å². The van der Waals surface area contributed by atoms with Crippen LogP contribution in [-0.4, -0.2) is 47.0 Å². The van der Waals surface area contributed by atoms with Gasteiger partial charge in [-0.15, -0.1) is 0 Å². The lowest BCUT2D eigenvalue weighted by Crippen LogP contribution is -2.37. The van der Waals surface area contributed by atoms with Crippen molar-refractivity contribution < 1.29 is 17.2 Å². The first-order valence-corrected chi connectivity index (χ1v) is 10.5. The molecule has 9 heteroatoms. The predicted octanol–water partition coefficient (Wildman–Crippen LogP) is 2.04. The number of fused-ring (bicyclic) bond motifs is 1. The molecule has 27 heavy (non-hydrogen) atoms. The van der Waals surface area contributed by atoms with Gasteiger partial charge in [-0.25, -0.2) is 17.2 Å². The van der Waals surface area contributed by atoms with E-state index >= 15 is 0 Å². The topological polar surface area (TPSA) is 58.4 Å². The van der Waals surface area contributed by atoms with Gasteiger partial charge in [-0.05, 0) is 38.1 Å². The quantitative estimate of drug-likeness (QED) is 0.794. The van der Waals surface area contributed by atoms with Crippen molar-refractivity contribution in [3.05, 3.63) is 46.8 Å². The van der Waals surface area contributed by atoms with E-state index in [1.54, 1.807) is 0 Å². The fourth-order valence-corrected chi connectivity index (χ4v) is 5.41. The number of aryl methyl sites for hydroxylation is 1. The highest BCUT2D eigenvalue weighted by Crippen LogP contribution is 2.29. The molecule has 4 rings (SSSR count). The first kappa shape index (κ1) is 18.5. The van der Waals surface area contributed by atoms with Crippen LogP contribution in [0, 0.1) is 11.6 Å². The highest BCUT2D eigenvalue weighted by molar-refractivity contribution is 7.89. The Kier molecular flexibility index (Phi) is 4.77. The van der Waals surface area contributed by atoms with Crippen molar-refractivity contribution in [3.63, 3.8) is 0 Å². The van der Waals surface area contributed by atoms with Crippen molar-refractivity contribution >= 4 is 10.0 Å². The predicted molar refractivity (Wildman–Crippen MR) is 95.4 cm³/mol. The molecule has 2 aliphatic rings. The summed E-state index contributed by atoms with van der Waals surface area (Å²) >= 11 is 0. The van der Waals surface area contributed by atoms with Crippen LogP contribution in [0.25, 0.3) is 0 Å². The maximum absolute atomic E-state index is 14.1. The first-order valence-electron chi connectivity index (χ1n) is 9.07. The summed E-state index contributed by atoms with van der Waals surface area (Å²) in [7, 11) is -2.17. The number of sulfonamides is 1. The zero-order valence-electron chi connectivity index (χ0n) is 15.2. The lowest BCUT2D eigenvalue weighted by Gasteiger charge is -2.27. The second-order valence-electron chi connectivity index (χ2n) is 7.14. The van der Waals surface area contributed by atoms with Gasteiger partial charge < -0.3 is 0 Å². The minimum Gasteiger partial charge on any atom is -0.297 e. The summed E-state index contributed by atoms with van der Waals surface area (Å²) < 4.78 is 56.2. The SMILES string of the molecule is Cn1nc(CN2CCCC2)c2c1CCN(S(=O)(=O)c1ccc(F)cc1F)C2. The normalized spacial score (nSPS) is 18.8. The molecule has 2 aliphatic heterocycles. The van der Waals surface area contributed by atoms with Crippen LogP contribution < -0.4 is 0 Å². The molecule has 0 unspecified atom stereocenters. The molecular formula is C18H22F2N4O2S. The van der Waals surface area contributed by atoms with Crippen LogP contribution in [0.3, 0.4) is 0 Å². The zero-order chi connectivity index (χ0) is 19.2. The molecule has 0 saturated carbocycles. The summed E-state index contributed by atoms with van der Waals surface area (Å²) in [5.74, 6) is -1.86. The molecule has 0 bridgehead atoms. The van der Waals surface area contributed by atoms with Gasteiger partial charge >= 0.3 is 0 Å². The number of hydrogen-bond donors (Lipinski definition) is 0. The Labute approximate surface area is 157 Å².